The molecule has 0 saturated heterocycles. The molecule has 25 heavy (non-hydrogen) atoms. The molecule has 0 saturated carbocycles. The Morgan fingerprint density at radius 2 is 1.88 bits per heavy atom. The van der Waals surface area contributed by atoms with Gasteiger partial charge in [-0.05, 0) is 36.4 Å². The van der Waals surface area contributed by atoms with Crippen molar-refractivity contribution in [2.24, 2.45) is 0 Å². The molecule has 0 fully saturated rings. The third-order valence-corrected chi connectivity index (χ3v) is 3.55. The molecule has 0 bridgehead atoms. The lowest BCUT2D eigenvalue weighted by molar-refractivity contribution is 0.102. The highest BCUT2D eigenvalue weighted by Gasteiger charge is 2.08. The molecule has 126 valence electrons. The van der Waals surface area contributed by atoms with Gasteiger partial charge in [-0.1, -0.05) is 18.2 Å². The van der Waals surface area contributed by atoms with Crippen molar-refractivity contribution >= 4 is 11.6 Å². The van der Waals surface area contributed by atoms with Gasteiger partial charge in [-0.25, -0.2) is 0 Å². The first-order valence-electron chi connectivity index (χ1n) is 7.82. The topological polar surface area (TPSA) is 60.5 Å². The maximum absolute atomic E-state index is 12.4. The highest BCUT2D eigenvalue weighted by molar-refractivity contribution is 6.04. The van der Waals surface area contributed by atoms with E-state index in [0.29, 0.717) is 29.4 Å². The number of methoxy groups -OCH3 is 1. The fourth-order valence-corrected chi connectivity index (χ4v) is 2.28. The van der Waals surface area contributed by atoms with Gasteiger partial charge in [0.15, 0.2) is 0 Å². The fraction of sp³-hybridized carbons (Fsp3) is 0.100. The number of rotatable bonds is 6. The van der Waals surface area contributed by atoms with Gasteiger partial charge in [0.2, 0.25) is 0 Å². The first kappa shape index (κ1) is 16.5. The molecule has 1 amide bonds. The number of hydrogen-bond acceptors (Lipinski definition) is 4. The Kier molecular flexibility index (Phi) is 5.26. The second-order valence-electron chi connectivity index (χ2n) is 5.36. The van der Waals surface area contributed by atoms with Crippen LogP contribution in [0.5, 0.6) is 11.5 Å². The van der Waals surface area contributed by atoms with Gasteiger partial charge >= 0.3 is 0 Å². The first-order chi connectivity index (χ1) is 12.2. The van der Waals surface area contributed by atoms with Gasteiger partial charge in [0.1, 0.15) is 18.1 Å². The highest BCUT2D eigenvalue weighted by atomic mass is 16.5. The summed E-state index contributed by atoms with van der Waals surface area (Å²) in [6.07, 6.45) is 3.48. The summed E-state index contributed by atoms with van der Waals surface area (Å²) in [6, 6.07) is 18.1. The number of hydrogen-bond donors (Lipinski definition) is 1. The number of ether oxygens (including phenoxy) is 2. The van der Waals surface area contributed by atoms with Crippen LogP contribution in [0, 0.1) is 0 Å². The number of nitrogens with zero attached hydrogens (tertiary/aromatic N) is 1. The third-order valence-electron chi connectivity index (χ3n) is 3.55. The molecular formula is C20H18N2O3. The third kappa shape index (κ3) is 4.57. The molecule has 5 nitrogen and oxygen atoms in total. The molecular weight excluding hydrogens is 316 g/mol. The standard InChI is InChI=1S/C20H18N2O3/c1-24-18-8-2-6-16(11-18)20(23)22-17-7-3-9-19(12-17)25-14-15-5-4-10-21-13-15/h2-13H,14H2,1H3,(H,22,23). The Hall–Kier alpha value is -3.34. The predicted octanol–water partition coefficient (Wildman–Crippen LogP) is 3.92. The summed E-state index contributed by atoms with van der Waals surface area (Å²) in [7, 11) is 1.57. The molecule has 1 aromatic heterocycles. The number of carbonyl (C=O) groups excluding carboxylic acids is 1. The normalized spacial score (nSPS) is 10.1. The highest BCUT2D eigenvalue weighted by Crippen LogP contribution is 2.20. The van der Waals surface area contributed by atoms with Crippen LogP contribution in [-0.4, -0.2) is 18.0 Å². The molecule has 3 rings (SSSR count). The molecule has 0 atom stereocenters. The number of benzene rings is 2. The lowest BCUT2D eigenvalue weighted by atomic mass is 10.2. The number of amides is 1. The predicted molar refractivity (Wildman–Crippen MR) is 96.0 cm³/mol. The molecule has 1 N–H and O–H groups in total. The zero-order chi connectivity index (χ0) is 17.5. The summed E-state index contributed by atoms with van der Waals surface area (Å²) < 4.78 is 10.9. The van der Waals surface area contributed by atoms with Crippen LogP contribution in [0.25, 0.3) is 0 Å². The largest absolute Gasteiger partial charge is 0.497 e. The second kappa shape index (κ2) is 7.97. The maximum Gasteiger partial charge on any atom is 0.255 e. The summed E-state index contributed by atoms with van der Waals surface area (Å²) in [5, 5.41) is 2.86. The average Bonchev–Trinajstić information content (AvgIpc) is 2.67. The Bertz CT molecular complexity index is 850. The Morgan fingerprint density at radius 1 is 1.04 bits per heavy atom. The fourth-order valence-electron chi connectivity index (χ4n) is 2.28. The molecule has 0 aliphatic heterocycles. The number of nitrogens with one attached hydrogen (secondary N) is 1. The van der Waals surface area contributed by atoms with Crippen molar-refractivity contribution in [2.75, 3.05) is 12.4 Å². The molecule has 0 radical (unpaired) electrons. The van der Waals surface area contributed by atoms with Crippen molar-refractivity contribution in [3.8, 4) is 11.5 Å². The Labute approximate surface area is 146 Å². The minimum atomic E-state index is -0.205. The van der Waals surface area contributed by atoms with E-state index in [1.54, 1.807) is 49.8 Å². The summed E-state index contributed by atoms with van der Waals surface area (Å²) in [4.78, 5) is 16.4. The molecule has 0 unspecified atom stereocenters. The monoisotopic (exact) mass is 334 g/mol. The van der Waals surface area contributed by atoms with Gasteiger partial charge in [0, 0.05) is 35.3 Å². The summed E-state index contributed by atoms with van der Waals surface area (Å²) in [6.45, 7) is 0.418. The lowest BCUT2D eigenvalue weighted by Gasteiger charge is -2.10. The summed E-state index contributed by atoms with van der Waals surface area (Å²) in [5.41, 5.74) is 2.17. The molecule has 3 aromatic rings. The van der Waals surface area contributed by atoms with E-state index in [1.807, 2.05) is 30.3 Å². The molecule has 1 heterocycles. The number of aromatic nitrogens is 1. The summed E-state index contributed by atoms with van der Waals surface area (Å²) >= 11 is 0. The molecule has 0 aliphatic carbocycles. The van der Waals surface area contributed by atoms with E-state index in [1.165, 1.54) is 0 Å². The van der Waals surface area contributed by atoms with Crippen molar-refractivity contribution in [1.82, 2.24) is 4.98 Å². The molecule has 5 heteroatoms. The molecule has 0 spiro atoms. The second-order valence-corrected chi connectivity index (χ2v) is 5.36. The van der Waals surface area contributed by atoms with Gasteiger partial charge in [0.25, 0.3) is 5.91 Å². The van der Waals surface area contributed by atoms with Gasteiger partial charge < -0.3 is 14.8 Å². The average molecular weight is 334 g/mol. The molecule has 0 aliphatic rings. The van der Waals surface area contributed by atoms with Gasteiger partial charge in [-0.3, -0.25) is 9.78 Å². The van der Waals surface area contributed by atoms with Crippen molar-refractivity contribution in [2.45, 2.75) is 6.61 Å². The number of pyridine rings is 1. The van der Waals surface area contributed by atoms with Gasteiger partial charge in [-0.15, -0.1) is 0 Å². The zero-order valence-corrected chi connectivity index (χ0v) is 13.8. The van der Waals surface area contributed by atoms with E-state index >= 15 is 0 Å². The van der Waals surface area contributed by atoms with E-state index in [4.69, 9.17) is 9.47 Å². The Balaban J connectivity index is 1.65. The van der Waals surface area contributed by atoms with Crippen LogP contribution >= 0.6 is 0 Å². The van der Waals surface area contributed by atoms with Crippen LogP contribution in [0.3, 0.4) is 0 Å². The van der Waals surface area contributed by atoms with Crippen LogP contribution in [0.4, 0.5) is 5.69 Å². The van der Waals surface area contributed by atoms with E-state index < -0.39 is 0 Å². The minimum absolute atomic E-state index is 0.205. The van der Waals surface area contributed by atoms with Gasteiger partial charge in [-0.2, -0.15) is 0 Å². The number of anilines is 1. The van der Waals surface area contributed by atoms with E-state index in [9.17, 15) is 4.79 Å². The van der Waals surface area contributed by atoms with Crippen molar-refractivity contribution in [3.05, 3.63) is 84.2 Å². The minimum Gasteiger partial charge on any atom is -0.497 e. The zero-order valence-electron chi connectivity index (χ0n) is 13.8. The van der Waals surface area contributed by atoms with Crippen LogP contribution in [-0.2, 0) is 6.61 Å². The van der Waals surface area contributed by atoms with E-state index in [2.05, 4.69) is 10.3 Å². The van der Waals surface area contributed by atoms with Crippen LogP contribution < -0.4 is 14.8 Å². The van der Waals surface area contributed by atoms with Gasteiger partial charge in [0.05, 0.1) is 7.11 Å². The van der Waals surface area contributed by atoms with Crippen LogP contribution in [0.15, 0.2) is 73.1 Å². The van der Waals surface area contributed by atoms with Crippen LogP contribution in [0.1, 0.15) is 15.9 Å². The van der Waals surface area contributed by atoms with Crippen molar-refractivity contribution in [1.29, 1.82) is 0 Å². The Morgan fingerprint density at radius 3 is 2.68 bits per heavy atom. The SMILES string of the molecule is COc1cccc(C(=O)Nc2cccc(OCc3cccnc3)c2)c1. The lowest BCUT2D eigenvalue weighted by Crippen LogP contribution is -2.12. The smallest absolute Gasteiger partial charge is 0.255 e. The number of carbonyl (C=O) groups is 1. The quantitative estimate of drug-likeness (QED) is 0.742. The molecule has 2 aromatic carbocycles. The maximum atomic E-state index is 12.4. The first-order valence-corrected chi connectivity index (χ1v) is 7.82. The van der Waals surface area contributed by atoms with E-state index in [-0.39, 0.29) is 5.91 Å². The van der Waals surface area contributed by atoms with Crippen molar-refractivity contribution < 1.29 is 14.3 Å². The van der Waals surface area contributed by atoms with Crippen LogP contribution in [0.2, 0.25) is 0 Å². The van der Waals surface area contributed by atoms with Crippen molar-refractivity contribution in [3.63, 3.8) is 0 Å². The van der Waals surface area contributed by atoms with E-state index in [0.717, 1.165) is 5.56 Å². The summed E-state index contributed by atoms with van der Waals surface area (Å²) in [5.74, 6) is 1.11.